The minimum atomic E-state index is -0.565. The van der Waals surface area contributed by atoms with E-state index >= 15 is 0 Å². The number of fused-ring (bicyclic) bond motifs is 1. The Kier molecular flexibility index (Phi) is 3.10. The van der Waals surface area contributed by atoms with E-state index in [9.17, 15) is 4.79 Å². The maximum atomic E-state index is 11.4. The van der Waals surface area contributed by atoms with E-state index in [-0.39, 0.29) is 6.23 Å². The molecular weight excluding hydrogens is 206 g/mol. The van der Waals surface area contributed by atoms with E-state index in [1.54, 1.807) is 0 Å². The minimum absolute atomic E-state index is 0.148. The molecule has 1 N–H and O–H groups in total. The van der Waals surface area contributed by atoms with Crippen LogP contribution >= 0.6 is 0 Å². The highest BCUT2D eigenvalue weighted by Crippen LogP contribution is 2.35. The number of carbonyl (C=O) groups is 1. The standard InChI is InChI=1S/C12H21NO3/c1-12(2,3)16-11(14)15-10-7-8-5-4-6-9(8)13-10/h8-10,13H,4-7H2,1-3H3. The number of hydrogen-bond donors (Lipinski definition) is 1. The van der Waals surface area contributed by atoms with Crippen LogP contribution < -0.4 is 5.32 Å². The monoisotopic (exact) mass is 227 g/mol. The van der Waals surface area contributed by atoms with E-state index in [0.29, 0.717) is 12.0 Å². The van der Waals surface area contributed by atoms with Crippen LogP contribution in [0.25, 0.3) is 0 Å². The predicted octanol–water partition coefficient (Wildman–Crippen LogP) is 2.43. The third-order valence-corrected chi connectivity index (χ3v) is 3.20. The van der Waals surface area contributed by atoms with Gasteiger partial charge in [-0.25, -0.2) is 4.79 Å². The van der Waals surface area contributed by atoms with Crippen molar-refractivity contribution >= 4 is 6.16 Å². The first-order valence-electron chi connectivity index (χ1n) is 6.10. The van der Waals surface area contributed by atoms with E-state index in [2.05, 4.69) is 5.32 Å². The van der Waals surface area contributed by atoms with Crippen molar-refractivity contribution in [1.29, 1.82) is 0 Å². The van der Waals surface area contributed by atoms with Gasteiger partial charge in [-0.05, 0) is 39.5 Å². The smallest absolute Gasteiger partial charge is 0.429 e. The first kappa shape index (κ1) is 11.7. The maximum absolute atomic E-state index is 11.4. The molecule has 4 heteroatoms. The van der Waals surface area contributed by atoms with Gasteiger partial charge in [0.05, 0.1) is 0 Å². The van der Waals surface area contributed by atoms with Crippen LogP contribution in [-0.4, -0.2) is 24.0 Å². The van der Waals surface area contributed by atoms with Crippen LogP contribution in [0.2, 0.25) is 0 Å². The topological polar surface area (TPSA) is 47.6 Å². The Morgan fingerprint density at radius 1 is 1.31 bits per heavy atom. The van der Waals surface area contributed by atoms with Gasteiger partial charge in [0.25, 0.3) is 0 Å². The van der Waals surface area contributed by atoms with E-state index in [1.807, 2.05) is 20.8 Å². The third-order valence-electron chi connectivity index (χ3n) is 3.20. The summed E-state index contributed by atoms with van der Waals surface area (Å²) in [5, 5.41) is 3.35. The van der Waals surface area contributed by atoms with E-state index in [4.69, 9.17) is 9.47 Å². The van der Waals surface area contributed by atoms with Gasteiger partial charge in [0.15, 0.2) is 6.23 Å². The van der Waals surface area contributed by atoms with Crippen molar-refractivity contribution in [3.05, 3.63) is 0 Å². The molecule has 0 spiro atoms. The van der Waals surface area contributed by atoms with Crippen LogP contribution in [0.3, 0.4) is 0 Å². The zero-order valence-corrected chi connectivity index (χ0v) is 10.3. The summed E-state index contributed by atoms with van der Waals surface area (Å²) in [4.78, 5) is 11.4. The van der Waals surface area contributed by atoms with Gasteiger partial charge in [-0.1, -0.05) is 6.42 Å². The molecule has 2 rings (SSSR count). The van der Waals surface area contributed by atoms with Crippen molar-refractivity contribution < 1.29 is 14.3 Å². The Morgan fingerprint density at radius 2 is 2.06 bits per heavy atom. The van der Waals surface area contributed by atoms with Crippen molar-refractivity contribution in [2.24, 2.45) is 5.92 Å². The third kappa shape index (κ3) is 2.88. The quantitative estimate of drug-likeness (QED) is 0.699. The molecule has 1 aliphatic heterocycles. The molecular formula is C12H21NO3. The molecule has 4 nitrogen and oxygen atoms in total. The fraction of sp³-hybridized carbons (Fsp3) is 0.917. The average molecular weight is 227 g/mol. The first-order valence-corrected chi connectivity index (χ1v) is 6.10. The lowest BCUT2D eigenvalue weighted by molar-refractivity contribution is -0.0312. The Labute approximate surface area is 96.7 Å². The molecule has 3 atom stereocenters. The fourth-order valence-corrected chi connectivity index (χ4v) is 2.59. The normalized spacial score (nSPS) is 33.6. The van der Waals surface area contributed by atoms with Crippen LogP contribution in [0, 0.1) is 5.92 Å². The number of hydrogen-bond acceptors (Lipinski definition) is 4. The predicted molar refractivity (Wildman–Crippen MR) is 60.0 cm³/mol. The largest absolute Gasteiger partial charge is 0.510 e. The van der Waals surface area contributed by atoms with Gasteiger partial charge < -0.3 is 9.47 Å². The lowest BCUT2D eigenvalue weighted by atomic mass is 10.0. The average Bonchev–Trinajstić information content (AvgIpc) is 2.58. The van der Waals surface area contributed by atoms with Gasteiger partial charge in [0.1, 0.15) is 5.60 Å². The molecule has 1 saturated heterocycles. The molecule has 2 fully saturated rings. The Morgan fingerprint density at radius 3 is 2.69 bits per heavy atom. The molecule has 0 radical (unpaired) electrons. The molecule has 16 heavy (non-hydrogen) atoms. The van der Waals surface area contributed by atoms with Crippen LogP contribution in [0.15, 0.2) is 0 Å². The zero-order chi connectivity index (χ0) is 11.8. The SMILES string of the molecule is CC(C)(C)OC(=O)OC1CC2CCCC2N1. The Balaban J connectivity index is 1.77. The van der Waals surface area contributed by atoms with Crippen molar-refractivity contribution in [3.8, 4) is 0 Å². The number of ether oxygens (including phenoxy) is 2. The molecule has 0 aromatic rings. The summed E-state index contributed by atoms with van der Waals surface area (Å²) < 4.78 is 10.4. The first-order chi connectivity index (χ1) is 7.44. The maximum Gasteiger partial charge on any atom is 0.510 e. The molecule has 0 amide bonds. The fourth-order valence-electron chi connectivity index (χ4n) is 2.59. The molecule has 92 valence electrons. The summed E-state index contributed by atoms with van der Waals surface area (Å²) in [5.74, 6) is 0.687. The van der Waals surface area contributed by atoms with Crippen molar-refractivity contribution in [2.45, 2.75) is 64.3 Å². The van der Waals surface area contributed by atoms with Gasteiger partial charge in [0, 0.05) is 12.5 Å². The highest BCUT2D eigenvalue weighted by Gasteiger charge is 2.38. The number of carbonyl (C=O) groups excluding carboxylic acids is 1. The summed E-state index contributed by atoms with van der Waals surface area (Å²) in [6.45, 7) is 5.52. The van der Waals surface area contributed by atoms with Gasteiger partial charge in [0.2, 0.25) is 0 Å². The van der Waals surface area contributed by atoms with Crippen LogP contribution in [0.4, 0.5) is 4.79 Å². The molecule has 1 aliphatic carbocycles. The summed E-state index contributed by atoms with van der Waals surface area (Å²) in [7, 11) is 0. The highest BCUT2D eigenvalue weighted by molar-refractivity contribution is 5.60. The molecule has 1 heterocycles. The molecule has 0 bridgehead atoms. The lowest BCUT2D eigenvalue weighted by Crippen LogP contribution is -2.35. The van der Waals surface area contributed by atoms with Crippen molar-refractivity contribution in [2.75, 3.05) is 0 Å². The van der Waals surface area contributed by atoms with Gasteiger partial charge in [-0.3, -0.25) is 5.32 Å². The van der Waals surface area contributed by atoms with Crippen LogP contribution in [-0.2, 0) is 9.47 Å². The minimum Gasteiger partial charge on any atom is -0.429 e. The second-order valence-corrected chi connectivity index (χ2v) is 5.77. The van der Waals surface area contributed by atoms with Crippen molar-refractivity contribution in [1.82, 2.24) is 5.32 Å². The second kappa shape index (κ2) is 4.24. The van der Waals surface area contributed by atoms with E-state index in [0.717, 1.165) is 6.42 Å². The van der Waals surface area contributed by atoms with Gasteiger partial charge >= 0.3 is 6.16 Å². The summed E-state index contributed by atoms with van der Waals surface area (Å²) >= 11 is 0. The highest BCUT2D eigenvalue weighted by atomic mass is 16.7. The molecule has 0 aromatic heterocycles. The van der Waals surface area contributed by atoms with E-state index < -0.39 is 11.8 Å². The number of rotatable bonds is 1. The molecule has 3 unspecified atom stereocenters. The van der Waals surface area contributed by atoms with Crippen molar-refractivity contribution in [3.63, 3.8) is 0 Å². The zero-order valence-electron chi connectivity index (χ0n) is 10.3. The van der Waals surface area contributed by atoms with Gasteiger partial charge in [-0.15, -0.1) is 0 Å². The summed E-state index contributed by atoms with van der Waals surface area (Å²) in [5.41, 5.74) is -0.481. The van der Waals surface area contributed by atoms with Gasteiger partial charge in [-0.2, -0.15) is 0 Å². The second-order valence-electron chi connectivity index (χ2n) is 5.77. The number of nitrogens with one attached hydrogen (secondary N) is 1. The lowest BCUT2D eigenvalue weighted by Gasteiger charge is -2.21. The van der Waals surface area contributed by atoms with E-state index in [1.165, 1.54) is 19.3 Å². The Hall–Kier alpha value is -0.770. The van der Waals surface area contributed by atoms with Crippen LogP contribution in [0.5, 0.6) is 0 Å². The molecule has 0 aromatic carbocycles. The molecule has 1 saturated carbocycles. The molecule has 2 aliphatic rings. The summed E-state index contributed by atoms with van der Waals surface area (Å²) in [6, 6.07) is 0.549. The Bertz CT molecular complexity index is 260. The summed E-state index contributed by atoms with van der Waals surface area (Å²) in [6.07, 6.45) is 3.98. The van der Waals surface area contributed by atoms with Crippen LogP contribution in [0.1, 0.15) is 46.5 Å².